The molecule has 3 rings (SSSR count). The summed E-state index contributed by atoms with van der Waals surface area (Å²) in [7, 11) is 3.40. The molecule has 0 atom stereocenters. The lowest BCUT2D eigenvalue weighted by Gasteiger charge is -2.14. The zero-order valence-electron chi connectivity index (χ0n) is 15.3. The van der Waals surface area contributed by atoms with Gasteiger partial charge < -0.3 is 15.4 Å². The van der Waals surface area contributed by atoms with Gasteiger partial charge in [-0.25, -0.2) is 0 Å². The van der Waals surface area contributed by atoms with Gasteiger partial charge in [-0.15, -0.1) is 34.2 Å². The third-order valence-corrected chi connectivity index (χ3v) is 3.93. The molecule has 1 aromatic heterocycles. The van der Waals surface area contributed by atoms with Crippen molar-refractivity contribution in [3.05, 3.63) is 72.3 Å². The molecule has 0 saturated heterocycles. The van der Waals surface area contributed by atoms with E-state index in [9.17, 15) is 0 Å². The number of aromatic nitrogens is 3. The molecule has 0 spiro atoms. The number of nitrogens with zero attached hydrogens (tertiary/aromatic N) is 4. The first-order valence-corrected chi connectivity index (χ1v) is 8.32. The maximum absolute atomic E-state index is 5.37. The number of guanidine groups is 1. The molecule has 0 amide bonds. The molecule has 0 aliphatic carbocycles. The summed E-state index contributed by atoms with van der Waals surface area (Å²) in [4.78, 5) is 4.26. The number of para-hydroxylation sites is 2. The Morgan fingerprint density at radius 1 is 1.04 bits per heavy atom. The highest BCUT2D eigenvalue weighted by Crippen LogP contribution is 2.16. The lowest BCUT2D eigenvalue weighted by atomic mass is 10.2. The number of halogens is 1. The van der Waals surface area contributed by atoms with Gasteiger partial charge in [0.2, 0.25) is 0 Å². The topological polar surface area (TPSA) is 76.4 Å². The molecule has 0 radical (unpaired) electrons. The van der Waals surface area contributed by atoms with E-state index in [1.807, 2.05) is 59.2 Å². The minimum Gasteiger partial charge on any atom is -0.496 e. The normalized spacial score (nSPS) is 10.8. The Labute approximate surface area is 175 Å². The third-order valence-electron chi connectivity index (χ3n) is 3.93. The summed E-state index contributed by atoms with van der Waals surface area (Å²) >= 11 is 0. The van der Waals surface area contributed by atoms with Crippen molar-refractivity contribution >= 4 is 29.9 Å². The van der Waals surface area contributed by atoms with Crippen LogP contribution in [0.5, 0.6) is 5.75 Å². The number of ether oxygens (including phenoxy) is 1. The largest absolute Gasteiger partial charge is 0.496 e. The lowest BCUT2D eigenvalue weighted by molar-refractivity contribution is 0.409. The van der Waals surface area contributed by atoms with Crippen LogP contribution in [0.1, 0.15) is 11.4 Å². The molecule has 2 N–H and O–H groups in total. The van der Waals surface area contributed by atoms with E-state index in [0.717, 1.165) is 22.8 Å². The zero-order valence-corrected chi connectivity index (χ0v) is 17.6. The number of nitrogens with one attached hydrogen (secondary N) is 2. The molecule has 1 heterocycles. The average molecular weight is 478 g/mol. The van der Waals surface area contributed by atoms with Crippen molar-refractivity contribution in [1.82, 2.24) is 25.4 Å². The highest BCUT2D eigenvalue weighted by Gasteiger charge is 2.08. The molecule has 27 heavy (non-hydrogen) atoms. The minimum absolute atomic E-state index is 0. The van der Waals surface area contributed by atoms with Crippen LogP contribution < -0.4 is 15.4 Å². The first-order valence-electron chi connectivity index (χ1n) is 8.32. The third kappa shape index (κ3) is 5.43. The summed E-state index contributed by atoms with van der Waals surface area (Å²) in [5.74, 6) is 2.33. The minimum atomic E-state index is 0. The van der Waals surface area contributed by atoms with E-state index in [2.05, 4.69) is 25.8 Å². The molecule has 8 heteroatoms. The fourth-order valence-electron chi connectivity index (χ4n) is 2.60. The van der Waals surface area contributed by atoms with Gasteiger partial charge >= 0.3 is 0 Å². The first-order chi connectivity index (χ1) is 12.8. The fraction of sp³-hybridized carbons (Fsp3) is 0.211. The first kappa shape index (κ1) is 20.7. The van der Waals surface area contributed by atoms with Crippen LogP contribution in [0, 0.1) is 0 Å². The SMILES string of the molecule is CN=C(NCc1ccccc1OC)NCc1nncn1-c1ccccc1.I. The van der Waals surface area contributed by atoms with Crippen LogP contribution >= 0.6 is 24.0 Å². The van der Waals surface area contributed by atoms with E-state index in [1.165, 1.54) is 0 Å². The molecular formula is C19H23IN6O. The van der Waals surface area contributed by atoms with Gasteiger partial charge in [-0.1, -0.05) is 36.4 Å². The summed E-state index contributed by atoms with van der Waals surface area (Å²) < 4.78 is 7.32. The van der Waals surface area contributed by atoms with Crippen LogP contribution in [0.3, 0.4) is 0 Å². The number of methoxy groups -OCH3 is 1. The van der Waals surface area contributed by atoms with Crippen molar-refractivity contribution in [2.45, 2.75) is 13.1 Å². The predicted octanol–water partition coefficient (Wildman–Crippen LogP) is 2.76. The molecule has 0 unspecified atom stereocenters. The Kier molecular flexibility index (Phi) is 8.05. The van der Waals surface area contributed by atoms with Gasteiger partial charge in [0.15, 0.2) is 11.8 Å². The molecule has 2 aromatic carbocycles. The number of aliphatic imine (C=N–C) groups is 1. The van der Waals surface area contributed by atoms with Gasteiger partial charge in [0.05, 0.1) is 13.7 Å². The van der Waals surface area contributed by atoms with Crippen molar-refractivity contribution in [3.63, 3.8) is 0 Å². The Balaban J connectivity index is 0.00000261. The smallest absolute Gasteiger partial charge is 0.191 e. The standard InChI is InChI=1S/C19H22N6O.HI/c1-20-19(21-12-15-8-6-7-11-17(15)26-2)22-13-18-24-23-14-25(18)16-9-4-3-5-10-16;/h3-11,14H,12-13H2,1-2H3,(H2,20,21,22);1H. The number of hydrogen-bond acceptors (Lipinski definition) is 4. The zero-order chi connectivity index (χ0) is 18.2. The number of benzene rings is 2. The molecule has 0 aliphatic rings. The van der Waals surface area contributed by atoms with Crippen molar-refractivity contribution in [1.29, 1.82) is 0 Å². The molecule has 7 nitrogen and oxygen atoms in total. The van der Waals surface area contributed by atoms with Gasteiger partial charge in [-0.05, 0) is 18.2 Å². The van der Waals surface area contributed by atoms with E-state index in [0.29, 0.717) is 19.0 Å². The van der Waals surface area contributed by atoms with Gasteiger partial charge in [0.1, 0.15) is 12.1 Å². The van der Waals surface area contributed by atoms with E-state index < -0.39 is 0 Å². The second-order valence-corrected chi connectivity index (χ2v) is 5.54. The van der Waals surface area contributed by atoms with Crippen molar-refractivity contribution < 1.29 is 4.74 Å². The monoisotopic (exact) mass is 478 g/mol. The van der Waals surface area contributed by atoms with Crippen molar-refractivity contribution in [2.75, 3.05) is 14.2 Å². The summed E-state index contributed by atoms with van der Waals surface area (Å²) in [5, 5.41) is 14.8. The van der Waals surface area contributed by atoms with Crippen LogP contribution in [-0.2, 0) is 13.1 Å². The van der Waals surface area contributed by atoms with Gasteiger partial charge in [0.25, 0.3) is 0 Å². The van der Waals surface area contributed by atoms with Gasteiger partial charge in [-0.2, -0.15) is 0 Å². The van der Waals surface area contributed by atoms with Gasteiger partial charge in [0, 0.05) is 24.8 Å². The number of hydrogen-bond donors (Lipinski definition) is 2. The molecule has 0 aliphatic heterocycles. The molecular weight excluding hydrogens is 455 g/mol. The summed E-state index contributed by atoms with van der Waals surface area (Å²) in [6.45, 7) is 1.11. The molecule has 0 fully saturated rings. The van der Waals surface area contributed by atoms with E-state index >= 15 is 0 Å². The number of rotatable bonds is 6. The quantitative estimate of drug-likeness (QED) is 0.324. The Hall–Kier alpha value is -2.62. The molecule has 142 valence electrons. The highest BCUT2D eigenvalue weighted by atomic mass is 127. The van der Waals surface area contributed by atoms with Crippen molar-refractivity contribution in [2.24, 2.45) is 4.99 Å². The van der Waals surface area contributed by atoms with Crippen LogP contribution in [0.15, 0.2) is 65.9 Å². The van der Waals surface area contributed by atoms with Crippen molar-refractivity contribution in [3.8, 4) is 11.4 Å². The van der Waals surface area contributed by atoms with Crippen LogP contribution in [0.25, 0.3) is 5.69 Å². The fourth-order valence-corrected chi connectivity index (χ4v) is 2.60. The van der Waals surface area contributed by atoms with E-state index in [4.69, 9.17) is 4.74 Å². The maximum atomic E-state index is 5.37. The average Bonchev–Trinajstić information content (AvgIpc) is 3.17. The maximum Gasteiger partial charge on any atom is 0.191 e. The van der Waals surface area contributed by atoms with Gasteiger partial charge in [-0.3, -0.25) is 9.56 Å². The Morgan fingerprint density at radius 3 is 2.48 bits per heavy atom. The summed E-state index contributed by atoms with van der Waals surface area (Å²) in [6.07, 6.45) is 1.71. The molecule has 3 aromatic rings. The lowest BCUT2D eigenvalue weighted by Crippen LogP contribution is -2.37. The second kappa shape index (κ2) is 10.5. The van der Waals surface area contributed by atoms with E-state index in [-0.39, 0.29) is 24.0 Å². The predicted molar refractivity (Wildman–Crippen MR) is 117 cm³/mol. The molecule has 0 bridgehead atoms. The summed E-state index contributed by atoms with van der Waals surface area (Å²) in [6, 6.07) is 17.9. The van der Waals surface area contributed by atoms with E-state index in [1.54, 1.807) is 20.5 Å². The highest BCUT2D eigenvalue weighted by molar-refractivity contribution is 14.0. The van der Waals surface area contributed by atoms with Crippen LogP contribution in [-0.4, -0.2) is 34.9 Å². The van der Waals surface area contributed by atoms with Crippen LogP contribution in [0.2, 0.25) is 0 Å². The summed E-state index contributed by atoms with van der Waals surface area (Å²) in [5.41, 5.74) is 2.08. The Bertz CT molecular complexity index is 865. The molecule has 0 saturated carbocycles. The van der Waals surface area contributed by atoms with Crippen LogP contribution in [0.4, 0.5) is 0 Å². The second-order valence-electron chi connectivity index (χ2n) is 5.54. The Morgan fingerprint density at radius 2 is 1.74 bits per heavy atom.